The van der Waals surface area contributed by atoms with Crippen molar-refractivity contribution in [2.75, 3.05) is 0 Å². The maximum Gasteiger partial charge on any atom is 0.148 e. The van der Waals surface area contributed by atoms with E-state index in [4.69, 9.17) is 21.6 Å². The molecule has 0 N–H and O–H groups in total. The van der Waals surface area contributed by atoms with E-state index in [1.165, 1.54) is 0 Å². The molecule has 0 spiro atoms. The van der Waals surface area contributed by atoms with E-state index < -0.39 is 0 Å². The molecule has 0 atom stereocenters. The Morgan fingerprint density at radius 2 is 2.00 bits per heavy atom. The largest absolute Gasteiger partial charge is 0.454 e. The number of nitrogens with zero attached hydrogens (tertiary/aromatic N) is 2. The molecule has 1 heterocycles. The highest BCUT2D eigenvalue weighted by Gasteiger charge is 2.09. The summed E-state index contributed by atoms with van der Waals surface area (Å²) in [5, 5.41) is 9.60. The predicted molar refractivity (Wildman–Crippen MR) is 74.6 cm³/mol. The lowest BCUT2D eigenvalue weighted by Gasteiger charge is -2.11. The molecule has 0 aliphatic rings. The number of nitriles is 1. The molecule has 0 radical (unpaired) electrons. The Labute approximate surface area is 117 Å². The Morgan fingerprint density at radius 3 is 2.68 bits per heavy atom. The van der Waals surface area contributed by atoms with E-state index in [9.17, 15) is 0 Å². The summed E-state index contributed by atoms with van der Waals surface area (Å²) in [6.45, 7) is 3.95. The zero-order valence-electron chi connectivity index (χ0n) is 10.8. The minimum absolute atomic E-state index is 0.412. The van der Waals surface area contributed by atoms with Crippen molar-refractivity contribution in [3.63, 3.8) is 0 Å². The van der Waals surface area contributed by atoms with Gasteiger partial charge in [0, 0.05) is 10.7 Å². The number of hydrogen-bond acceptors (Lipinski definition) is 3. The number of ether oxygens (including phenoxy) is 1. The molecule has 1 aromatic carbocycles. The Kier molecular flexibility index (Phi) is 4.03. The second kappa shape index (κ2) is 5.73. The van der Waals surface area contributed by atoms with Crippen LogP contribution in [0, 0.1) is 18.3 Å². The van der Waals surface area contributed by atoms with Gasteiger partial charge in [-0.2, -0.15) is 5.26 Å². The Bertz CT molecular complexity index is 647. The lowest BCUT2D eigenvalue weighted by atomic mass is 10.2. The van der Waals surface area contributed by atoms with E-state index in [1.54, 1.807) is 18.2 Å². The van der Waals surface area contributed by atoms with Crippen LogP contribution < -0.4 is 4.74 Å². The molecule has 0 bridgehead atoms. The smallest absolute Gasteiger partial charge is 0.148 e. The van der Waals surface area contributed by atoms with Gasteiger partial charge in [0.2, 0.25) is 0 Å². The monoisotopic (exact) mass is 272 g/mol. The van der Waals surface area contributed by atoms with Crippen molar-refractivity contribution in [2.24, 2.45) is 0 Å². The molecule has 19 heavy (non-hydrogen) atoms. The third kappa shape index (κ3) is 3.04. The topological polar surface area (TPSA) is 45.9 Å². The molecule has 2 rings (SSSR count). The lowest BCUT2D eigenvalue weighted by Crippen LogP contribution is -1.96. The number of aryl methyl sites for hydroxylation is 2. The number of hydrogen-bond donors (Lipinski definition) is 0. The van der Waals surface area contributed by atoms with E-state index >= 15 is 0 Å². The summed E-state index contributed by atoms with van der Waals surface area (Å²) in [7, 11) is 0. The molecular formula is C15H13ClN2O. The molecule has 0 fully saturated rings. The first-order valence-corrected chi connectivity index (χ1v) is 6.36. The van der Waals surface area contributed by atoms with Gasteiger partial charge in [-0.1, -0.05) is 18.5 Å². The van der Waals surface area contributed by atoms with Gasteiger partial charge in [-0.25, -0.2) is 0 Å². The summed E-state index contributed by atoms with van der Waals surface area (Å²) in [4.78, 5) is 4.43. The quantitative estimate of drug-likeness (QED) is 0.838. The van der Waals surface area contributed by atoms with E-state index in [0.29, 0.717) is 22.1 Å². The van der Waals surface area contributed by atoms with E-state index in [-0.39, 0.29) is 0 Å². The zero-order chi connectivity index (χ0) is 13.8. The van der Waals surface area contributed by atoms with Crippen LogP contribution in [0.1, 0.15) is 23.9 Å². The Morgan fingerprint density at radius 1 is 1.26 bits per heavy atom. The molecular weight excluding hydrogens is 260 g/mol. The van der Waals surface area contributed by atoms with Crippen molar-refractivity contribution in [2.45, 2.75) is 20.3 Å². The van der Waals surface area contributed by atoms with Crippen molar-refractivity contribution >= 4 is 11.6 Å². The maximum atomic E-state index is 9.09. The van der Waals surface area contributed by atoms with Crippen LogP contribution in [0.2, 0.25) is 5.02 Å². The maximum absolute atomic E-state index is 9.09. The third-order valence-corrected chi connectivity index (χ3v) is 2.92. The van der Waals surface area contributed by atoms with Gasteiger partial charge in [-0.3, -0.25) is 4.98 Å². The van der Waals surface area contributed by atoms with Crippen molar-refractivity contribution in [3.05, 3.63) is 52.3 Å². The Hall–Kier alpha value is -2.05. The summed E-state index contributed by atoms with van der Waals surface area (Å²) in [5.74, 6) is 1.17. The van der Waals surface area contributed by atoms with Crippen LogP contribution >= 0.6 is 11.6 Å². The molecule has 1 aromatic heterocycles. The van der Waals surface area contributed by atoms with Crippen LogP contribution in [0.15, 0.2) is 30.3 Å². The fraction of sp³-hybridized carbons (Fsp3) is 0.200. The van der Waals surface area contributed by atoms with Crippen LogP contribution in [0.3, 0.4) is 0 Å². The molecule has 0 saturated carbocycles. The summed E-state index contributed by atoms with van der Waals surface area (Å²) < 4.78 is 5.79. The zero-order valence-corrected chi connectivity index (χ0v) is 11.5. The molecule has 4 heteroatoms. The standard InChI is InChI=1S/C15H13ClN2O/c1-3-13-15(6-4-10(2)18-13)19-14-7-5-12(16)8-11(14)9-17/h4-8H,3H2,1-2H3. The van der Waals surface area contributed by atoms with Crippen molar-refractivity contribution in [1.29, 1.82) is 5.26 Å². The third-order valence-electron chi connectivity index (χ3n) is 2.69. The fourth-order valence-electron chi connectivity index (χ4n) is 1.74. The van der Waals surface area contributed by atoms with Crippen LogP contribution in [0.5, 0.6) is 11.5 Å². The second-order valence-electron chi connectivity index (χ2n) is 4.11. The minimum Gasteiger partial charge on any atom is -0.454 e. The van der Waals surface area contributed by atoms with Gasteiger partial charge in [0.05, 0.1) is 11.3 Å². The van der Waals surface area contributed by atoms with Crippen LogP contribution in [-0.2, 0) is 6.42 Å². The van der Waals surface area contributed by atoms with Crippen LogP contribution in [0.4, 0.5) is 0 Å². The van der Waals surface area contributed by atoms with Gasteiger partial charge in [0.1, 0.15) is 17.6 Å². The molecule has 0 amide bonds. The second-order valence-corrected chi connectivity index (χ2v) is 4.54. The van der Waals surface area contributed by atoms with Gasteiger partial charge in [0.15, 0.2) is 0 Å². The first-order valence-electron chi connectivity index (χ1n) is 5.98. The number of halogens is 1. The molecule has 0 aliphatic carbocycles. The normalized spacial score (nSPS) is 10.0. The number of rotatable bonds is 3. The van der Waals surface area contributed by atoms with Crippen LogP contribution in [0.25, 0.3) is 0 Å². The highest BCUT2D eigenvalue weighted by molar-refractivity contribution is 6.30. The summed E-state index contributed by atoms with van der Waals surface area (Å²) >= 11 is 5.86. The van der Waals surface area contributed by atoms with Gasteiger partial charge < -0.3 is 4.74 Å². The molecule has 0 saturated heterocycles. The number of pyridine rings is 1. The first kappa shape index (κ1) is 13.4. The van der Waals surface area contributed by atoms with Crippen molar-refractivity contribution in [1.82, 2.24) is 4.98 Å². The van der Waals surface area contributed by atoms with Gasteiger partial charge in [-0.15, -0.1) is 0 Å². The molecule has 2 aromatic rings. The average molecular weight is 273 g/mol. The molecule has 0 aliphatic heterocycles. The van der Waals surface area contributed by atoms with E-state index in [0.717, 1.165) is 17.8 Å². The van der Waals surface area contributed by atoms with E-state index in [2.05, 4.69) is 11.1 Å². The summed E-state index contributed by atoms with van der Waals surface area (Å²) in [5.41, 5.74) is 2.23. The highest BCUT2D eigenvalue weighted by atomic mass is 35.5. The number of benzene rings is 1. The van der Waals surface area contributed by atoms with Crippen molar-refractivity contribution in [3.8, 4) is 17.6 Å². The van der Waals surface area contributed by atoms with E-state index in [1.807, 2.05) is 26.0 Å². The predicted octanol–water partition coefficient (Wildman–Crippen LogP) is 4.27. The van der Waals surface area contributed by atoms with Gasteiger partial charge in [0.25, 0.3) is 0 Å². The number of aromatic nitrogens is 1. The summed E-state index contributed by atoms with van der Waals surface area (Å²) in [6, 6.07) is 10.8. The van der Waals surface area contributed by atoms with Gasteiger partial charge >= 0.3 is 0 Å². The van der Waals surface area contributed by atoms with Gasteiger partial charge in [-0.05, 0) is 43.7 Å². The molecule has 3 nitrogen and oxygen atoms in total. The fourth-order valence-corrected chi connectivity index (χ4v) is 1.91. The van der Waals surface area contributed by atoms with Crippen molar-refractivity contribution < 1.29 is 4.74 Å². The summed E-state index contributed by atoms with van der Waals surface area (Å²) in [6.07, 6.45) is 0.770. The van der Waals surface area contributed by atoms with Crippen LogP contribution in [-0.4, -0.2) is 4.98 Å². The SMILES string of the molecule is CCc1nc(C)ccc1Oc1ccc(Cl)cc1C#N. The lowest BCUT2D eigenvalue weighted by molar-refractivity contribution is 0.471. The Balaban J connectivity index is 2.39. The highest BCUT2D eigenvalue weighted by Crippen LogP contribution is 2.29. The minimum atomic E-state index is 0.412. The first-order chi connectivity index (χ1) is 9.13. The molecule has 96 valence electrons. The average Bonchev–Trinajstić information content (AvgIpc) is 2.42. The molecule has 0 unspecified atom stereocenters.